The first-order chi connectivity index (χ1) is 14.1. The molecule has 1 aromatic carbocycles. The van der Waals surface area contributed by atoms with Gasteiger partial charge in [0.2, 0.25) is 5.91 Å². The first-order valence-electron chi connectivity index (χ1n) is 9.45. The Hall–Kier alpha value is -3.00. The van der Waals surface area contributed by atoms with Gasteiger partial charge in [-0.2, -0.15) is 5.10 Å². The molecule has 0 spiro atoms. The Bertz CT molecular complexity index is 980. The monoisotopic (exact) mass is 414 g/mol. The number of amides is 1. The lowest BCUT2D eigenvalue weighted by Gasteiger charge is -2.28. The van der Waals surface area contributed by atoms with Crippen LogP contribution in [0.3, 0.4) is 0 Å². The molecule has 1 aliphatic heterocycles. The molecule has 0 atom stereocenters. The zero-order chi connectivity index (χ0) is 20.2. The maximum atomic E-state index is 13.8. The lowest BCUT2D eigenvalue weighted by Crippen LogP contribution is -2.29. The number of halogens is 2. The van der Waals surface area contributed by atoms with Crippen LogP contribution in [0.5, 0.6) is 0 Å². The number of hydrogen-bond acceptors (Lipinski definition) is 5. The van der Waals surface area contributed by atoms with Gasteiger partial charge in [-0.15, -0.1) is 0 Å². The topological polar surface area (TPSA) is 75.9 Å². The van der Waals surface area contributed by atoms with E-state index in [9.17, 15) is 9.18 Å². The van der Waals surface area contributed by atoms with Crippen LogP contribution in [0.2, 0.25) is 5.02 Å². The van der Waals surface area contributed by atoms with E-state index in [0.29, 0.717) is 11.6 Å². The number of rotatable bonds is 5. The van der Waals surface area contributed by atoms with Crippen LogP contribution in [0.25, 0.3) is 5.95 Å². The number of nitrogens with one attached hydrogen (secondary N) is 1. The Morgan fingerprint density at radius 2 is 1.90 bits per heavy atom. The molecule has 0 aliphatic carbocycles. The summed E-state index contributed by atoms with van der Waals surface area (Å²) in [4.78, 5) is 23.3. The van der Waals surface area contributed by atoms with Crippen LogP contribution in [-0.4, -0.2) is 38.7 Å². The maximum Gasteiger partial charge on any atom is 0.250 e. The lowest BCUT2D eigenvalue weighted by molar-refractivity contribution is -0.115. The van der Waals surface area contributed by atoms with Gasteiger partial charge in [-0.05, 0) is 31.4 Å². The fourth-order valence-electron chi connectivity index (χ4n) is 3.31. The number of carbonyl (C=O) groups excluding carboxylic acids is 1. The molecular weight excluding hydrogens is 395 g/mol. The van der Waals surface area contributed by atoms with Gasteiger partial charge in [0.15, 0.2) is 0 Å². The van der Waals surface area contributed by atoms with Crippen molar-refractivity contribution in [2.75, 3.05) is 23.3 Å². The summed E-state index contributed by atoms with van der Waals surface area (Å²) in [6.45, 7) is 2.04. The number of anilines is 2. The predicted molar refractivity (Wildman–Crippen MR) is 109 cm³/mol. The van der Waals surface area contributed by atoms with Crippen LogP contribution in [0.1, 0.15) is 24.8 Å². The molecule has 0 unspecified atom stereocenters. The van der Waals surface area contributed by atoms with Crippen molar-refractivity contribution in [2.45, 2.75) is 25.7 Å². The fourth-order valence-corrected chi connectivity index (χ4v) is 3.54. The number of nitrogens with zero attached hydrogens (tertiary/aromatic N) is 5. The van der Waals surface area contributed by atoms with Crippen molar-refractivity contribution in [3.8, 4) is 5.95 Å². The maximum absolute atomic E-state index is 13.8. The van der Waals surface area contributed by atoms with Crippen LogP contribution >= 0.6 is 11.6 Å². The zero-order valence-corrected chi connectivity index (χ0v) is 16.4. The standard InChI is InChI=1S/C20H20ClFN6O/c21-17-5-4-6-18(22)16(17)9-19(29)26-14-10-25-28(13-14)20-23-11-15(12-24-20)27-7-2-1-3-8-27/h4-6,10-13H,1-3,7-9H2,(H,26,29). The van der Waals surface area contributed by atoms with Gasteiger partial charge in [-0.3, -0.25) is 4.79 Å². The van der Waals surface area contributed by atoms with Gasteiger partial charge in [0, 0.05) is 23.7 Å². The number of benzene rings is 1. The number of aromatic nitrogens is 4. The molecule has 4 rings (SSSR count). The molecule has 1 N–H and O–H groups in total. The smallest absolute Gasteiger partial charge is 0.250 e. The number of hydrogen-bond donors (Lipinski definition) is 1. The molecule has 1 fully saturated rings. The zero-order valence-electron chi connectivity index (χ0n) is 15.7. The first kappa shape index (κ1) is 19.3. The average Bonchev–Trinajstić information content (AvgIpc) is 3.20. The summed E-state index contributed by atoms with van der Waals surface area (Å²) in [5, 5.41) is 7.09. The molecular formula is C20H20ClFN6O. The Morgan fingerprint density at radius 1 is 1.14 bits per heavy atom. The van der Waals surface area contributed by atoms with Crippen molar-refractivity contribution in [1.82, 2.24) is 19.7 Å². The molecule has 0 saturated carbocycles. The summed E-state index contributed by atoms with van der Waals surface area (Å²) >= 11 is 5.97. The highest BCUT2D eigenvalue weighted by molar-refractivity contribution is 6.31. The van der Waals surface area contributed by atoms with Crippen LogP contribution in [0.4, 0.5) is 15.8 Å². The minimum atomic E-state index is -0.509. The van der Waals surface area contributed by atoms with Gasteiger partial charge in [-0.25, -0.2) is 19.0 Å². The minimum absolute atomic E-state index is 0.163. The van der Waals surface area contributed by atoms with E-state index in [0.717, 1.165) is 18.8 Å². The molecule has 9 heteroatoms. The van der Waals surface area contributed by atoms with Gasteiger partial charge in [0.25, 0.3) is 5.95 Å². The van der Waals surface area contributed by atoms with Crippen molar-refractivity contribution in [3.63, 3.8) is 0 Å². The lowest BCUT2D eigenvalue weighted by atomic mass is 10.1. The van der Waals surface area contributed by atoms with Gasteiger partial charge in [-0.1, -0.05) is 17.7 Å². The van der Waals surface area contributed by atoms with Crippen molar-refractivity contribution in [2.24, 2.45) is 0 Å². The molecule has 3 aromatic rings. The molecule has 0 bridgehead atoms. The molecule has 2 aromatic heterocycles. The molecule has 0 radical (unpaired) electrons. The highest BCUT2D eigenvalue weighted by atomic mass is 35.5. The fraction of sp³-hybridized carbons (Fsp3) is 0.300. The van der Waals surface area contributed by atoms with E-state index >= 15 is 0 Å². The summed E-state index contributed by atoms with van der Waals surface area (Å²) in [7, 11) is 0. The number of piperidine rings is 1. The summed E-state index contributed by atoms with van der Waals surface area (Å²) in [5.41, 5.74) is 1.62. The summed E-state index contributed by atoms with van der Waals surface area (Å²) in [5.74, 6) is -0.494. The largest absolute Gasteiger partial charge is 0.369 e. The van der Waals surface area contributed by atoms with Crippen LogP contribution in [0.15, 0.2) is 43.0 Å². The van der Waals surface area contributed by atoms with E-state index in [1.165, 1.54) is 42.3 Å². The van der Waals surface area contributed by atoms with Crippen molar-refractivity contribution in [1.29, 1.82) is 0 Å². The quantitative estimate of drug-likeness (QED) is 0.690. The van der Waals surface area contributed by atoms with Crippen LogP contribution in [0, 0.1) is 5.82 Å². The Kier molecular flexibility index (Phi) is 5.71. The van der Waals surface area contributed by atoms with Gasteiger partial charge in [0.05, 0.1) is 42.6 Å². The first-order valence-corrected chi connectivity index (χ1v) is 9.83. The normalized spacial score (nSPS) is 14.1. The third-order valence-electron chi connectivity index (χ3n) is 4.82. The van der Waals surface area contributed by atoms with E-state index in [-0.39, 0.29) is 17.0 Å². The van der Waals surface area contributed by atoms with Gasteiger partial charge >= 0.3 is 0 Å². The molecule has 150 valence electrons. The summed E-state index contributed by atoms with van der Waals surface area (Å²) in [6, 6.07) is 4.33. The van der Waals surface area contributed by atoms with Crippen molar-refractivity contribution in [3.05, 3.63) is 59.4 Å². The van der Waals surface area contributed by atoms with Crippen molar-refractivity contribution >= 4 is 28.9 Å². The van der Waals surface area contributed by atoms with E-state index in [1.807, 2.05) is 0 Å². The third kappa shape index (κ3) is 4.54. The van der Waals surface area contributed by atoms with E-state index in [4.69, 9.17) is 11.6 Å². The Balaban J connectivity index is 1.41. The highest BCUT2D eigenvalue weighted by Gasteiger charge is 2.14. The van der Waals surface area contributed by atoms with Crippen LogP contribution < -0.4 is 10.2 Å². The SMILES string of the molecule is O=C(Cc1c(F)cccc1Cl)Nc1cnn(-c2ncc(N3CCCCC3)cn2)c1. The second-order valence-corrected chi connectivity index (χ2v) is 7.29. The van der Waals surface area contributed by atoms with Crippen LogP contribution in [-0.2, 0) is 11.2 Å². The summed E-state index contributed by atoms with van der Waals surface area (Å²) in [6.07, 6.45) is 10.1. The van der Waals surface area contributed by atoms with Gasteiger partial charge < -0.3 is 10.2 Å². The van der Waals surface area contributed by atoms with E-state index < -0.39 is 11.7 Å². The second-order valence-electron chi connectivity index (χ2n) is 6.89. The van der Waals surface area contributed by atoms with Crippen molar-refractivity contribution < 1.29 is 9.18 Å². The summed E-state index contributed by atoms with van der Waals surface area (Å²) < 4.78 is 15.3. The second kappa shape index (κ2) is 8.57. The van der Waals surface area contributed by atoms with Gasteiger partial charge in [0.1, 0.15) is 5.82 Å². The Labute approximate surface area is 172 Å². The van der Waals surface area contributed by atoms with E-state index in [1.54, 1.807) is 24.7 Å². The Morgan fingerprint density at radius 3 is 2.62 bits per heavy atom. The third-order valence-corrected chi connectivity index (χ3v) is 5.17. The molecule has 1 amide bonds. The molecule has 1 aliphatic rings. The number of carbonyl (C=O) groups is 1. The molecule has 3 heterocycles. The predicted octanol–water partition coefficient (Wildman–Crippen LogP) is 3.63. The van der Waals surface area contributed by atoms with E-state index in [2.05, 4.69) is 25.3 Å². The average molecular weight is 415 g/mol. The highest BCUT2D eigenvalue weighted by Crippen LogP contribution is 2.21. The molecule has 7 nitrogen and oxygen atoms in total. The minimum Gasteiger partial charge on any atom is -0.369 e. The molecule has 1 saturated heterocycles. The molecule has 29 heavy (non-hydrogen) atoms.